The van der Waals surface area contributed by atoms with Gasteiger partial charge in [-0.15, -0.1) is 11.3 Å². The van der Waals surface area contributed by atoms with Gasteiger partial charge in [0.25, 0.3) is 0 Å². The molecule has 1 fully saturated rings. The van der Waals surface area contributed by atoms with Gasteiger partial charge in [-0.3, -0.25) is 0 Å². The molecule has 0 bridgehead atoms. The Morgan fingerprint density at radius 2 is 2.06 bits per heavy atom. The standard InChI is InChI=1S/C24H26F4N4O2S/c1-32-10-9-19(18(25)13-32)31-20-7-4-6-16-17(11-24(26,27)28)21(35-23(16)20)12-29-34-14-15-5-3-8-22(30-15)33-2/h3-8,12,18-19,31H,9-11,13-14H2,1-2H3/b29-12+/t18-,19+/m0/s1. The lowest BCUT2D eigenvalue weighted by molar-refractivity contribution is -0.126. The third-order valence-electron chi connectivity index (χ3n) is 5.76. The number of hydrogen-bond acceptors (Lipinski definition) is 7. The van der Waals surface area contributed by atoms with Crippen molar-refractivity contribution in [3.8, 4) is 5.88 Å². The highest BCUT2D eigenvalue weighted by Crippen LogP contribution is 2.39. The van der Waals surface area contributed by atoms with Crippen LogP contribution in [0.5, 0.6) is 5.88 Å². The van der Waals surface area contributed by atoms with Gasteiger partial charge in [0, 0.05) is 19.2 Å². The van der Waals surface area contributed by atoms with Crippen molar-refractivity contribution in [2.24, 2.45) is 5.16 Å². The summed E-state index contributed by atoms with van der Waals surface area (Å²) in [6.45, 7) is 1.10. The summed E-state index contributed by atoms with van der Waals surface area (Å²) in [5.74, 6) is 0.423. The lowest BCUT2D eigenvalue weighted by Gasteiger charge is -2.33. The third-order valence-corrected chi connectivity index (χ3v) is 6.98. The SMILES string of the molecule is COc1cccc(CO/N=C/c2sc3c(N[C@@H]4CCN(C)C[C@@H]4F)cccc3c2CC(F)(F)F)n1. The first-order valence-electron chi connectivity index (χ1n) is 11.1. The molecule has 2 aromatic heterocycles. The Morgan fingerprint density at radius 1 is 1.26 bits per heavy atom. The molecule has 0 spiro atoms. The first-order chi connectivity index (χ1) is 16.7. The first kappa shape index (κ1) is 25.2. The number of benzene rings is 1. The van der Waals surface area contributed by atoms with E-state index in [1.54, 1.807) is 36.4 Å². The van der Waals surface area contributed by atoms with Crippen LogP contribution in [-0.4, -0.2) is 61.7 Å². The van der Waals surface area contributed by atoms with Crippen molar-refractivity contribution in [3.05, 3.63) is 52.5 Å². The lowest BCUT2D eigenvalue weighted by atomic mass is 10.0. The van der Waals surface area contributed by atoms with Crippen molar-refractivity contribution < 1.29 is 27.1 Å². The number of likely N-dealkylation sites (tertiary alicyclic amines) is 1. The van der Waals surface area contributed by atoms with E-state index >= 15 is 0 Å². The molecule has 4 rings (SSSR count). The molecule has 2 atom stereocenters. The highest BCUT2D eigenvalue weighted by Gasteiger charge is 2.32. The number of piperidine rings is 1. The van der Waals surface area contributed by atoms with Gasteiger partial charge in [-0.25, -0.2) is 9.37 Å². The van der Waals surface area contributed by atoms with E-state index < -0.39 is 24.8 Å². The zero-order valence-corrected chi connectivity index (χ0v) is 20.1. The fourth-order valence-corrected chi connectivity index (χ4v) is 5.21. The van der Waals surface area contributed by atoms with Gasteiger partial charge in [-0.1, -0.05) is 23.4 Å². The molecule has 0 saturated carbocycles. The lowest BCUT2D eigenvalue weighted by Crippen LogP contribution is -2.46. The molecule has 188 valence electrons. The van der Waals surface area contributed by atoms with E-state index in [0.717, 1.165) is 6.54 Å². The van der Waals surface area contributed by atoms with Crippen LogP contribution in [-0.2, 0) is 17.9 Å². The topological polar surface area (TPSA) is 59.0 Å². The summed E-state index contributed by atoms with van der Waals surface area (Å²) in [6, 6.07) is 9.88. The Bertz CT molecular complexity index is 1180. The number of thiophene rings is 1. The predicted octanol–water partition coefficient (Wildman–Crippen LogP) is 5.41. The van der Waals surface area contributed by atoms with Gasteiger partial charge in [0.15, 0.2) is 6.61 Å². The van der Waals surface area contributed by atoms with Gasteiger partial charge in [-0.05, 0) is 36.6 Å². The van der Waals surface area contributed by atoms with E-state index in [9.17, 15) is 17.6 Å². The van der Waals surface area contributed by atoms with Crippen LogP contribution < -0.4 is 10.1 Å². The second kappa shape index (κ2) is 10.8. The number of aromatic nitrogens is 1. The molecule has 6 nitrogen and oxygen atoms in total. The molecule has 1 aliphatic heterocycles. The Balaban J connectivity index is 1.58. The maximum Gasteiger partial charge on any atom is 0.393 e. The normalized spacial score (nSPS) is 19.4. The number of methoxy groups -OCH3 is 1. The van der Waals surface area contributed by atoms with Gasteiger partial charge >= 0.3 is 6.18 Å². The Hall–Kier alpha value is -2.92. The molecule has 11 heteroatoms. The van der Waals surface area contributed by atoms with Gasteiger partial charge in [0.2, 0.25) is 5.88 Å². The molecule has 1 aromatic carbocycles. The summed E-state index contributed by atoms with van der Waals surface area (Å²) in [5.41, 5.74) is 1.31. The van der Waals surface area contributed by atoms with Crippen molar-refractivity contribution in [3.63, 3.8) is 0 Å². The van der Waals surface area contributed by atoms with E-state index in [0.29, 0.717) is 45.2 Å². The number of hydrogen-bond donors (Lipinski definition) is 1. The number of nitrogens with one attached hydrogen (secondary N) is 1. The summed E-state index contributed by atoms with van der Waals surface area (Å²) in [4.78, 5) is 11.8. The van der Waals surface area contributed by atoms with Crippen molar-refractivity contribution in [1.29, 1.82) is 0 Å². The minimum atomic E-state index is -4.40. The van der Waals surface area contributed by atoms with E-state index in [4.69, 9.17) is 9.57 Å². The minimum Gasteiger partial charge on any atom is -0.481 e. The molecule has 3 heterocycles. The molecular formula is C24H26F4N4O2S. The second-order valence-electron chi connectivity index (χ2n) is 8.42. The summed E-state index contributed by atoms with van der Waals surface area (Å²) >= 11 is 1.17. The van der Waals surface area contributed by atoms with Gasteiger partial charge in [-0.2, -0.15) is 13.2 Å². The third kappa shape index (κ3) is 6.40. The molecule has 3 aromatic rings. The van der Waals surface area contributed by atoms with Gasteiger partial charge < -0.3 is 19.8 Å². The fourth-order valence-electron chi connectivity index (χ4n) is 4.05. The highest BCUT2D eigenvalue weighted by atomic mass is 32.1. The number of oxime groups is 1. The average molecular weight is 511 g/mol. The number of fused-ring (bicyclic) bond motifs is 1. The number of anilines is 1. The molecule has 0 radical (unpaired) electrons. The van der Waals surface area contributed by atoms with E-state index in [1.807, 2.05) is 11.9 Å². The number of halogens is 4. The van der Waals surface area contributed by atoms with Crippen LogP contribution in [0.2, 0.25) is 0 Å². The molecular weight excluding hydrogens is 484 g/mol. The van der Waals surface area contributed by atoms with E-state index in [-0.39, 0.29) is 12.2 Å². The van der Waals surface area contributed by atoms with Crippen molar-refractivity contribution in [1.82, 2.24) is 9.88 Å². The monoisotopic (exact) mass is 510 g/mol. The predicted molar refractivity (Wildman–Crippen MR) is 129 cm³/mol. The van der Waals surface area contributed by atoms with Gasteiger partial charge in [0.05, 0.1) is 46.7 Å². The number of nitrogens with zero attached hydrogens (tertiary/aromatic N) is 3. The van der Waals surface area contributed by atoms with Crippen LogP contribution >= 0.6 is 11.3 Å². The van der Waals surface area contributed by atoms with Crippen molar-refractivity contribution in [2.75, 3.05) is 32.6 Å². The number of pyridine rings is 1. The maximum absolute atomic E-state index is 14.6. The fraction of sp³-hybridized carbons (Fsp3) is 0.417. The molecule has 1 N–H and O–H groups in total. The minimum absolute atomic E-state index is 0.0357. The molecule has 0 aliphatic carbocycles. The molecule has 1 aliphatic rings. The highest BCUT2D eigenvalue weighted by molar-refractivity contribution is 7.21. The average Bonchev–Trinajstić information content (AvgIpc) is 3.15. The molecule has 0 unspecified atom stereocenters. The molecule has 1 saturated heterocycles. The van der Waals surface area contributed by atoms with Crippen LogP contribution in [0.15, 0.2) is 41.6 Å². The van der Waals surface area contributed by atoms with Crippen LogP contribution in [0.1, 0.15) is 22.6 Å². The van der Waals surface area contributed by atoms with Crippen LogP contribution in [0.4, 0.5) is 23.2 Å². The first-order valence-corrected chi connectivity index (χ1v) is 11.9. The summed E-state index contributed by atoms with van der Waals surface area (Å²) in [6.07, 6.45) is -4.67. The zero-order valence-electron chi connectivity index (χ0n) is 19.3. The Kier molecular flexibility index (Phi) is 7.75. The smallest absolute Gasteiger partial charge is 0.393 e. The quantitative estimate of drug-likeness (QED) is 0.249. The second-order valence-corrected chi connectivity index (χ2v) is 9.47. The number of rotatable bonds is 8. The summed E-state index contributed by atoms with van der Waals surface area (Å²) in [5, 5.41) is 7.59. The van der Waals surface area contributed by atoms with E-state index in [1.165, 1.54) is 24.7 Å². The van der Waals surface area contributed by atoms with Gasteiger partial charge in [0.1, 0.15) is 6.17 Å². The maximum atomic E-state index is 14.6. The molecule has 0 amide bonds. The summed E-state index contributed by atoms with van der Waals surface area (Å²) < 4.78 is 60.5. The van der Waals surface area contributed by atoms with Crippen LogP contribution in [0.3, 0.4) is 0 Å². The largest absolute Gasteiger partial charge is 0.481 e. The zero-order chi connectivity index (χ0) is 25.0. The van der Waals surface area contributed by atoms with Crippen LogP contribution in [0, 0.1) is 0 Å². The van der Waals surface area contributed by atoms with E-state index in [2.05, 4.69) is 15.5 Å². The van der Waals surface area contributed by atoms with Crippen LogP contribution in [0.25, 0.3) is 10.1 Å². The number of ether oxygens (including phenoxy) is 1. The number of alkyl halides is 4. The Morgan fingerprint density at radius 3 is 2.80 bits per heavy atom. The van der Waals surface area contributed by atoms with Crippen molar-refractivity contribution >= 4 is 33.3 Å². The summed E-state index contributed by atoms with van der Waals surface area (Å²) in [7, 11) is 3.36. The Labute approximate surface area is 204 Å². The molecule has 35 heavy (non-hydrogen) atoms. The van der Waals surface area contributed by atoms with Crippen molar-refractivity contribution in [2.45, 2.75) is 37.8 Å².